The topological polar surface area (TPSA) is 60.8 Å². The highest BCUT2D eigenvalue weighted by Gasteiger charge is 2.26. The number of rotatable bonds is 6. The molecule has 0 fully saturated rings. The number of fused-ring (bicyclic) bond motifs is 2. The standard InChI is InChI=1S/C25H24N2O4S2/c1-30-25(29)24-20-8-9-26(15-19-13-17-5-2-3-7-22(17)33-19)10-11-27(20)23(28)14-21(24)31-16-18-6-4-12-32-18/h2-7,12-14H,8-11,15-16H2,1H3. The predicted octanol–water partition coefficient (Wildman–Crippen LogP) is 4.55. The van der Waals surface area contributed by atoms with Crippen LogP contribution in [0.5, 0.6) is 5.75 Å². The van der Waals surface area contributed by atoms with Crippen LogP contribution in [0.25, 0.3) is 10.1 Å². The third kappa shape index (κ3) is 4.59. The van der Waals surface area contributed by atoms with Crippen molar-refractivity contribution in [3.63, 3.8) is 0 Å². The monoisotopic (exact) mass is 480 g/mol. The Labute approximate surface area is 199 Å². The summed E-state index contributed by atoms with van der Waals surface area (Å²) in [4.78, 5) is 30.4. The van der Waals surface area contributed by atoms with E-state index in [1.54, 1.807) is 27.2 Å². The zero-order valence-corrected chi connectivity index (χ0v) is 19.9. The second kappa shape index (κ2) is 9.51. The van der Waals surface area contributed by atoms with E-state index >= 15 is 0 Å². The van der Waals surface area contributed by atoms with Crippen molar-refractivity contribution in [1.82, 2.24) is 9.47 Å². The number of nitrogens with zero attached hydrogens (tertiary/aromatic N) is 2. The minimum Gasteiger partial charge on any atom is -0.487 e. The van der Waals surface area contributed by atoms with Gasteiger partial charge in [-0.3, -0.25) is 9.69 Å². The Kier molecular flexibility index (Phi) is 6.30. The van der Waals surface area contributed by atoms with Gasteiger partial charge in [-0.25, -0.2) is 4.79 Å². The fraction of sp³-hybridized carbons (Fsp3) is 0.280. The molecule has 0 amide bonds. The number of aromatic nitrogens is 1. The molecular formula is C25H24N2O4S2. The number of benzene rings is 1. The van der Waals surface area contributed by atoms with E-state index in [0.29, 0.717) is 36.6 Å². The molecule has 1 aromatic carbocycles. The van der Waals surface area contributed by atoms with Crippen LogP contribution in [0.2, 0.25) is 0 Å². The van der Waals surface area contributed by atoms with Gasteiger partial charge < -0.3 is 14.0 Å². The van der Waals surface area contributed by atoms with E-state index in [4.69, 9.17) is 9.47 Å². The first-order valence-corrected chi connectivity index (χ1v) is 12.5. The van der Waals surface area contributed by atoms with E-state index in [-0.39, 0.29) is 5.56 Å². The Morgan fingerprint density at radius 3 is 2.73 bits per heavy atom. The van der Waals surface area contributed by atoms with Gasteiger partial charge in [0.15, 0.2) is 0 Å². The van der Waals surface area contributed by atoms with E-state index in [2.05, 4.69) is 35.2 Å². The SMILES string of the molecule is COC(=O)c1c(OCc2cccs2)cc(=O)n2c1CCN(Cc1cc3ccccc3s1)CC2. The first-order chi connectivity index (χ1) is 16.1. The molecule has 0 N–H and O–H groups in total. The highest BCUT2D eigenvalue weighted by molar-refractivity contribution is 7.19. The molecule has 1 aliphatic heterocycles. The average Bonchev–Trinajstić information content (AvgIpc) is 3.44. The summed E-state index contributed by atoms with van der Waals surface area (Å²) >= 11 is 3.37. The van der Waals surface area contributed by atoms with Crippen molar-refractivity contribution in [2.45, 2.75) is 26.1 Å². The molecule has 170 valence electrons. The Morgan fingerprint density at radius 2 is 1.94 bits per heavy atom. The van der Waals surface area contributed by atoms with E-state index in [0.717, 1.165) is 24.5 Å². The van der Waals surface area contributed by atoms with Crippen LogP contribution >= 0.6 is 22.7 Å². The van der Waals surface area contributed by atoms with Crippen LogP contribution in [0.3, 0.4) is 0 Å². The van der Waals surface area contributed by atoms with Gasteiger partial charge in [0.25, 0.3) is 5.56 Å². The molecule has 4 heterocycles. The first-order valence-electron chi connectivity index (χ1n) is 10.8. The maximum Gasteiger partial charge on any atom is 0.343 e. The largest absolute Gasteiger partial charge is 0.487 e. The van der Waals surface area contributed by atoms with Crippen LogP contribution in [-0.4, -0.2) is 35.6 Å². The fourth-order valence-electron chi connectivity index (χ4n) is 4.27. The molecule has 0 saturated heterocycles. The molecule has 3 aromatic heterocycles. The number of hydrogen-bond acceptors (Lipinski definition) is 7. The lowest BCUT2D eigenvalue weighted by Crippen LogP contribution is -2.29. The molecule has 4 aromatic rings. The Hall–Kier alpha value is -2.94. The average molecular weight is 481 g/mol. The van der Waals surface area contributed by atoms with Crippen LogP contribution < -0.4 is 10.3 Å². The Bertz CT molecular complexity index is 1310. The van der Waals surface area contributed by atoms with Gasteiger partial charge in [0, 0.05) is 58.8 Å². The number of thiophene rings is 2. The summed E-state index contributed by atoms with van der Waals surface area (Å²) in [5.74, 6) is -0.178. The molecule has 5 rings (SSSR count). The Balaban J connectivity index is 1.41. The summed E-state index contributed by atoms with van der Waals surface area (Å²) < 4.78 is 14.0. The minimum atomic E-state index is -0.474. The van der Waals surface area contributed by atoms with Crippen molar-refractivity contribution in [3.05, 3.63) is 85.3 Å². The molecule has 6 nitrogen and oxygen atoms in total. The molecule has 0 aliphatic carbocycles. The third-order valence-corrected chi connectivity index (χ3v) is 7.83. The highest BCUT2D eigenvalue weighted by atomic mass is 32.1. The van der Waals surface area contributed by atoms with Crippen LogP contribution in [-0.2, 0) is 30.9 Å². The number of carbonyl (C=O) groups is 1. The molecule has 8 heteroatoms. The van der Waals surface area contributed by atoms with Crippen molar-refractivity contribution < 1.29 is 14.3 Å². The lowest BCUT2D eigenvalue weighted by Gasteiger charge is -2.18. The normalized spacial score (nSPS) is 14.1. The number of ether oxygens (including phenoxy) is 2. The highest BCUT2D eigenvalue weighted by Crippen LogP contribution is 2.28. The van der Waals surface area contributed by atoms with Crippen molar-refractivity contribution in [1.29, 1.82) is 0 Å². The van der Waals surface area contributed by atoms with E-state index < -0.39 is 5.97 Å². The van der Waals surface area contributed by atoms with E-state index in [1.807, 2.05) is 17.5 Å². The van der Waals surface area contributed by atoms with Crippen molar-refractivity contribution in [3.8, 4) is 5.75 Å². The van der Waals surface area contributed by atoms with Gasteiger partial charge in [-0.05, 0) is 29.0 Å². The molecule has 1 aliphatic rings. The van der Waals surface area contributed by atoms with Crippen LogP contribution in [0, 0.1) is 0 Å². The maximum absolute atomic E-state index is 13.0. The number of esters is 1. The summed E-state index contributed by atoms with van der Waals surface area (Å²) in [6, 6.07) is 16.0. The van der Waals surface area contributed by atoms with Gasteiger partial charge >= 0.3 is 5.97 Å². The summed E-state index contributed by atoms with van der Waals surface area (Å²) in [7, 11) is 1.36. The number of hydrogen-bond donors (Lipinski definition) is 0. The number of carbonyl (C=O) groups excluding carboxylic acids is 1. The van der Waals surface area contributed by atoms with E-state index in [1.165, 1.54) is 28.1 Å². The molecular weight excluding hydrogens is 456 g/mol. The molecule has 0 bridgehead atoms. The second-order valence-electron chi connectivity index (χ2n) is 7.96. The zero-order chi connectivity index (χ0) is 22.8. The fourth-order valence-corrected chi connectivity index (χ4v) is 5.99. The molecule has 0 atom stereocenters. The molecule has 0 spiro atoms. The quantitative estimate of drug-likeness (QED) is 0.379. The van der Waals surface area contributed by atoms with Gasteiger partial charge in [0.2, 0.25) is 0 Å². The maximum atomic E-state index is 13.0. The zero-order valence-electron chi connectivity index (χ0n) is 18.3. The second-order valence-corrected chi connectivity index (χ2v) is 10.2. The summed E-state index contributed by atoms with van der Waals surface area (Å²) in [6.07, 6.45) is 0.570. The van der Waals surface area contributed by atoms with Crippen LogP contribution in [0.4, 0.5) is 0 Å². The third-order valence-electron chi connectivity index (χ3n) is 5.88. The molecule has 0 saturated carbocycles. The van der Waals surface area contributed by atoms with Crippen molar-refractivity contribution in [2.75, 3.05) is 20.2 Å². The van der Waals surface area contributed by atoms with Crippen LogP contribution in [0.15, 0.2) is 58.7 Å². The minimum absolute atomic E-state index is 0.150. The lowest BCUT2D eigenvalue weighted by atomic mass is 10.1. The Morgan fingerprint density at radius 1 is 1.06 bits per heavy atom. The summed E-state index contributed by atoms with van der Waals surface area (Å²) in [5, 5.41) is 3.23. The van der Waals surface area contributed by atoms with Gasteiger partial charge in [-0.1, -0.05) is 24.3 Å². The number of methoxy groups -OCH3 is 1. The number of pyridine rings is 1. The first kappa shape index (κ1) is 21.9. The van der Waals surface area contributed by atoms with Gasteiger partial charge in [0.1, 0.15) is 17.9 Å². The van der Waals surface area contributed by atoms with Crippen LogP contribution in [0.1, 0.15) is 25.8 Å². The molecule has 33 heavy (non-hydrogen) atoms. The van der Waals surface area contributed by atoms with E-state index in [9.17, 15) is 9.59 Å². The predicted molar refractivity (Wildman–Crippen MR) is 131 cm³/mol. The molecule has 0 radical (unpaired) electrons. The lowest BCUT2D eigenvalue weighted by molar-refractivity contribution is 0.0592. The molecule has 0 unspecified atom stereocenters. The van der Waals surface area contributed by atoms with Gasteiger partial charge in [-0.15, -0.1) is 22.7 Å². The summed E-state index contributed by atoms with van der Waals surface area (Å²) in [6.45, 7) is 3.12. The summed E-state index contributed by atoms with van der Waals surface area (Å²) in [5.41, 5.74) is 0.897. The smallest absolute Gasteiger partial charge is 0.343 e. The van der Waals surface area contributed by atoms with Crippen molar-refractivity contribution in [2.24, 2.45) is 0 Å². The van der Waals surface area contributed by atoms with Crippen molar-refractivity contribution >= 4 is 38.7 Å². The van der Waals surface area contributed by atoms with Gasteiger partial charge in [-0.2, -0.15) is 0 Å². The van der Waals surface area contributed by atoms with Gasteiger partial charge in [0.05, 0.1) is 7.11 Å².